The van der Waals surface area contributed by atoms with Crippen LogP contribution in [0.2, 0.25) is 0 Å². The van der Waals surface area contributed by atoms with Crippen LogP contribution in [0, 0.1) is 0 Å². The Bertz CT molecular complexity index is 174. The molecule has 3 nitrogen and oxygen atoms in total. The van der Waals surface area contributed by atoms with Crippen LogP contribution in [0.3, 0.4) is 0 Å². The maximum Gasteiger partial charge on any atom is 0.221 e. The third kappa shape index (κ3) is 10.1. The summed E-state index contributed by atoms with van der Waals surface area (Å²) in [5.41, 5.74) is 0. The van der Waals surface area contributed by atoms with Gasteiger partial charge in [-0.3, -0.25) is 4.79 Å². The second-order valence-corrected chi connectivity index (χ2v) is 5.33. The SMILES string of the molecule is CSC(C)CCNCCC(=O)NC(C)C. The molecule has 0 heterocycles. The average Bonchev–Trinajstić information content (AvgIpc) is 2.15. The number of hydrogen-bond acceptors (Lipinski definition) is 3. The van der Waals surface area contributed by atoms with Gasteiger partial charge < -0.3 is 10.6 Å². The lowest BCUT2D eigenvalue weighted by molar-refractivity contribution is -0.121. The Hall–Kier alpha value is -0.220. The predicted octanol–water partition coefficient (Wildman–Crippen LogP) is 1.63. The minimum atomic E-state index is 0.135. The van der Waals surface area contributed by atoms with Crippen LogP contribution >= 0.6 is 11.8 Å². The van der Waals surface area contributed by atoms with Gasteiger partial charge in [-0.15, -0.1) is 0 Å². The first-order valence-corrected chi connectivity index (χ1v) is 6.88. The molecule has 90 valence electrons. The second kappa shape index (κ2) is 9.04. The molecule has 0 spiro atoms. The molecule has 0 saturated heterocycles. The summed E-state index contributed by atoms with van der Waals surface area (Å²) in [6.07, 6.45) is 3.86. The molecule has 0 radical (unpaired) electrons. The molecule has 0 aliphatic carbocycles. The number of amides is 1. The molecule has 0 aromatic carbocycles. The number of thioether (sulfide) groups is 1. The van der Waals surface area contributed by atoms with E-state index in [2.05, 4.69) is 23.8 Å². The van der Waals surface area contributed by atoms with Gasteiger partial charge >= 0.3 is 0 Å². The molecule has 1 unspecified atom stereocenters. The molecule has 4 heteroatoms. The van der Waals surface area contributed by atoms with Crippen LogP contribution in [0.4, 0.5) is 0 Å². The van der Waals surface area contributed by atoms with Crippen molar-refractivity contribution in [2.24, 2.45) is 0 Å². The molecule has 0 aromatic heterocycles. The van der Waals surface area contributed by atoms with Gasteiger partial charge in [-0.2, -0.15) is 11.8 Å². The van der Waals surface area contributed by atoms with Crippen LogP contribution < -0.4 is 10.6 Å². The van der Waals surface area contributed by atoms with E-state index >= 15 is 0 Å². The topological polar surface area (TPSA) is 41.1 Å². The first kappa shape index (κ1) is 14.8. The van der Waals surface area contributed by atoms with Crippen molar-refractivity contribution in [3.8, 4) is 0 Å². The van der Waals surface area contributed by atoms with Gasteiger partial charge in [0.2, 0.25) is 5.91 Å². The second-order valence-electron chi connectivity index (χ2n) is 4.06. The van der Waals surface area contributed by atoms with Gasteiger partial charge in [0, 0.05) is 24.3 Å². The molecule has 0 fully saturated rings. The monoisotopic (exact) mass is 232 g/mol. The zero-order valence-corrected chi connectivity index (χ0v) is 11.1. The number of carbonyl (C=O) groups is 1. The Labute approximate surface area is 97.8 Å². The molecule has 0 aliphatic heterocycles. The lowest BCUT2D eigenvalue weighted by Crippen LogP contribution is -2.32. The molecule has 15 heavy (non-hydrogen) atoms. The van der Waals surface area contributed by atoms with Gasteiger partial charge in [-0.05, 0) is 33.1 Å². The fourth-order valence-electron chi connectivity index (χ4n) is 1.14. The van der Waals surface area contributed by atoms with Crippen molar-refractivity contribution in [1.29, 1.82) is 0 Å². The summed E-state index contributed by atoms with van der Waals surface area (Å²) >= 11 is 1.88. The zero-order chi connectivity index (χ0) is 11.7. The van der Waals surface area contributed by atoms with E-state index < -0.39 is 0 Å². The van der Waals surface area contributed by atoms with Crippen LogP contribution in [0.25, 0.3) is 0 Å². The summed E-state index contributed by atoms with van der Waals surface area (Å²) in [5, 5.41) is 6.85. The van der Waals surface area contributed by atoms with Crippen molar-refractivity contribution < 1.29 is 4.79 Å². The Morgan fingerprint density at radius 2 is 1.93 bits per heavy atom. The quantitative estimate of drug-likeness (QED) is 0.625. The van der Waals surface area contributed by atoms with Gasteiger partial charge in [0.15, 0.2) is 0 Å². The molecular formula is C11H24N2OS. The average molecular weight is 232 g/mol. The molecule has 0 saturated carbocycles. The van der Waals surface area contributed by atoms with Gasteiger partial charge in [0.1, 0.15) is 0 Å². The summed E-state index contributed by atoms with van der Waals surface area (Å²) < 4.78 is 0. The van der Waals surface area contributed by atoms with Crippen molar-refractivity contribution in [2.45, 2.75) is 44.9 Å². The number of nitrogens with one attached hydrogen (secondary N) is 2. The lowest BCUT2D eigenvalue weighted by Gasteiger charge is -2.10. The maximum absolute atomic E-state index is 11.3. The third-order valence-corrected chi connectivity index (χ3v) is 3.15. The highest BCUT2D eigenvalue weighted by Crippen LogP contribution is 2.07. The molecule has 0 bridgehead atoms. The minimum Gasteiger partial charge on any atom is -0.354 e. The van der Waals surface area contributed by atoms with Crippen LogP contribution in [0.5, 0.6) is 0 Å². The smallest absolute Gasteiger partial charge is 0.221 e. The summed E-state index contributed by atoms with van der Waals surface area (Å²) in [4.78, 5) is 11.3. The Morgan fingerprint density at radius 1 is 1.27 bits per heavy atom. The van der Waals surface area contributed by atoms with Crippen molar-refractivity contribution in [3.05, 3.63) is 0 Å². The Morgan fingerprint density at radius 3 is 2.47 bits per heavy atom. The van der Waals surface area contributed by atoms with Crippen LogP contribution in [-0.2, 0) is 4.79 Å². The first-order chi connectivity index (χ1) is 7.06. The van der Waals surface area contributed by atoms with E-state index in [0.717, 1.165) is 19.5 Å². The van der Waals surface area contributed by atoms with E-state index in [0.29, 0.717) is 11.7 Å². The molecule has 1 atom stereocenters. The lowest BCUT2D eigenvalue weighted by atomic mass is 10.3. The van der Waals surface area contributed by atoms with Crippen molar-refractivity contribution in [3.63, 3.8) is 0 Å². The summed E-state index contributed by atoms with van der Waals surface area (Å²) in [6, 6.07) is 0.244. The van der Waals surface area contributed by atoms with E-state index in [1.165, 1.54) is 0 Å². The van der Waals surface area contributed by atoms with Gasteiger partial charge in [0.25, 0.3) is 0 Å². The fourth-order valence-corrected chi connectivity index (χ4v) is 1.50. The number of carbonyl (C=O) groups excluding carboxylic acids is 1. The maximum atomic E-state index is 11.3. The van der Waals surface area contributed by atoms with Gasteiger partial charge in [-0.25, -0.2) is 0 Å². The first-order valence-electron chi connectivity index (χ1n) is 5.59. The Kier molecular flexibility index (Phi) is 8.91. The summed E-state index contributed by atoms with van der Waals surface area (Å²) in [7, 11) is 0. The number of hydrogen-bond donors (Lipinski definition) is 2. The summed E-state index contributed by atoms with van der Waals surface area (Å²) in [5.74, 6) is 0.135. The highest BCUT2D eigenvalue weighted by molar-refractivity contribution is 7.99. The molecule has 0 aromatic rings. The van der Waals surface area contributed by atoms with E-state index in [9.17, 15) is 4.79 Å². The third-order valence-electron chi connectivity index (χ3n) is 2.11. The van der Waals surface area contributed by atoms with E-state index in [1.54, 1.807) is 0 Å². The van der Waals surface area contributed by atoms with Crippen molar-refractivity contribution in [2.75, 3.05) is 19.3 Å². The Balaban J connectivity index is 3.27. The van der Waals surface area contributed by atoms with Crippen molar-refractivity contribution in [1.82, 2.24) is 10.6 Å². The predicted molar refractivity (Wildman–Crippen MR) is 68.4 cm³/mol. The van der Waals surface area contributed by atoms with Gasteiger partial charge in [-0.1, -0.05) is 6.92 Å². The molecule has 1 amide bonds. The molecule has 2 N–H and O–H groups in total. The number of rotatable bonds is 8. The van der Waals surface area contributed by atoms with Crippen LogP contribution in [-0.4, -0.2) is 36.5 Å². The zero-order valence-electron chi connectivity index (χ0n) is 10.3. The van der Waals surface area contributed by atoms with Crippen molar-refractivity contribution >= 4 is 17.7 Å². The fraction of sp³-hybridized carbons (Fsp3) is 0.909. The van der Waals surface area contributed by atoms with E-state index in [4.69, 9.17) is 0 Å². The van der Waals surface area contributed by atoms with Gasteiger partial charge in [0.05, 0.1) is 0 Å². The highest BCUT2D eigenvalue weighted by Gasteiger charge is 2.02. The van der Waals surface area contributed by atoms with E-state index in [1.807, 2.05) is 25.6 Å². The van der Waals surface area contributed by atoms with Crippen LogP contribution in [0.15, 0.2) is 0 Å². The minimum absolute atomic E-state index is 0.135. The largest absolute Gasteiger partial charge is 0.354 e. The van der Waals surface area contributed by atoms with E-state index in [-0.39, 0.29) is 11.9 Å². The van der Waals surface area contributed by atoms with Crippen LogP contribution in [0.1, 0.15) is 33.6 Å². The molecule has 0 rings (SSSR count). The standard InChI is InChI=1S/C11H24N2OS/c1-9(2)13-11(14)6-8-12-7-5-10(3)15-4/h9-10,12H,5-8H2,1-4H3,(H,13,14). The highest BCUT2D eigenvalue weighted by atomic mass is 32.2. The summed E-state index contributed by atoms with van der Waals surface area (Å²) in [6.45, 7) is 7.95. The molecule has 0 aliphatic rings. The molecular weight excluding hydrogens is 208 g/mol. The normalized spacial score (nSPS) is 12.9.